The molecule has 1 heterocycles. The molecule has 2 aromatic carbocycles. The predicted molar refractivity (Wildman–Crippen MR) is 121 cm³/mol. The van der Waals surface area contributed by atoms with E-state index >= 15 is 0 Å². The van der Waals surface area contributed by atoms with E-state index in [2.05, 4.69) is 11.4 Å². The molecule has 1 aromatic heterocycles. The smallest absolute Gasteiger partial charge is 0.353 e. The average molecular weight is 415 g/mol. The number of carboxylic acid groups (broad SMARTS) is 1. The first-order valence-corrected chi connectivity index (χ1v) is 10.1. The number of hydrogen-bond acceptors (Lipinski definition) is 3. The molecule has 0 aliphatic carbocycles. The van der Waals surface area contributed by atoms with Gasteiger partial charge in [-0.1, -0.05) is 57.2 Å². The zero-order valence-corrected chi connectivity index (χ0v) is 18.1. The summed E-state index contributed by atoms with van der Waals surface area (Å²) in [7, 11) is 1.68. The van der Waals surface area contributed by atoms with Crippen LogP contribution in [0.1, 0.15) is 42.5 Å². The molecule has 6 heteroatoms. The van der Waals surface area contributed by atoms with Crippen LogP contribution in [0.5, 0.6) is 0 Å². The second-order valence-electron chi connectivity index (χ2n) is 7.68. The number of aromatic carboxylic acids is 1. The van der Waals surface area contributed by atoms with E-state index in [1.54, 1.807) is 11.6 Å². The van der Waals surface area contributed by atoms with Crippen molar-refractivity contribution >= 4 is 17.6 Å². The molecule has 0 atom stereocenters. The highest BCUT2D eigenvalue weighted by Crippen LogP contribution is 2.34. The predicted octanol–water partition coefficient (Wildman–Crippen LogP) is 5.09. The molecule has 3 rings (SSSR count). The summed E-state index contributed by atoms with van der Waals surface area (Å²) in [5.74, 6) is -1.22. The van der Waals surface area contributed by atoms with Gasteiger partial charge < -0.3 is 15.0 Å². The third-order valence-corrected chi connectivity index (χ3v) is 5.33. The number of nitriles is 1. The standard InChI is InChI=1S/C25H25N3O3/c1-5-21-20(14-26)22(23(25(30)31)28(21)4)17-11-9-16(10-12-17)18-7-6-8-19(13-18)27-24(29)15(2)3/h6-13,15H,5H2,1-4H3,(H,27,29)(H,30,31). The van der Waals surface area contributed by atoms with Crippen LogP contribution < -0.4 is 5.32 Å². The van der Waals surface area contributed by atoms with Gasteiger partial charge in [-0.05, 0) is 35.2 Å². The fourth-order valence-corrected chi connectivity index (χ4v) is 3.69. The molecule has 2 N–H and O–H groups in total. The quantitative estimate of drug-likeness (QED) is 0.586. The van der Waals surface area contributed by atoms with Crippen LogP contribution in [0.4, 0.5) is 5.69 Å². The summed E-state index contributed by atoms with van der Waals surface area (Å²) in [5, 5.41) is 22.3. The van der Waals surface area contributed by atoms with Gasteiger partial charge in [-0.15, -0.1) is 0 Å². The molecule has 0 fully saturated rings. The number of nitrogens with zero attached hydrogens (tertiary/aromatic N) is 2. The summed E-state index contributed by atoms with van der Waals surface area (Å²) >= 11 is 0. The molecule has 0 radical (unpaired) electrons. The Morgan fingerprint density at radius 3 is 2.29 bits per heavy atom. The number of nitrogens with one attached hydrogen (secondary N) is 1. The fraction of sp³-hybridized carbons (Fsp3) is 0.240. The zero-order chi connectivity index (χ0) is 22.7. The first kappa shape index (κ1) is 21.8. The number of anilines is 1. The highest BCUT2D eigenvalue weighted by atomic mass is 16.4. The van der Waals surface area contributed by atoms with Crippen molar-refractivity contribution in [2.24, 2.45) is 13.0 Å². The van der Waals surface area contributed by atoms with Crippen molar-refractivity contribution in [2.45, 2.75) is 27.2 Å². The van der Waals surface area contributed by atoms with Crippen molar-refractivity contribution in [3.05, 3.63) is 65.5 Å². The van der Waals surface area contributed by atoms with Gasteiger partial charge in [-0.3, -0.25) is 4.79 Å². The van der Waals surface area contributed by atoms with Gasteiger partial charge in [0.05, 0.1) is 5.56 Å². The van der Waals surface area contributed by atoms with Gasteiger partial charge in [0.1, 0.15) is 11.8 Å². The van der Waals surface area contributed by atoms with Crippen molar-refractivity contribution < 1.29 is 14.7 Å². The van der Waals surface area contributed by atoms with Crippen LogP contribution >= 0.6 is 0 Å². The molecule has 0 saturated heterocycles. The summed E-state index contributed by atoms with van der Waals surface area (Å²) in [6.07, 6.45) is 0.562. The van der Waals surface area contributed by atoms with Crippen molar-refractivity contribution in [1.82, 2.24) is 4.57 Å². The van der Waals surface area contributed by atoms with E-state index in [1.807, 2.05) is 69.3 Å². The number of rotatable bonds is 6. The van der Waals surface area contributed by atoms with Gasteiger partial charge in [0.25, 0.3) is 0 Å². The SMILES string of the molecule is CCc1c(C#N)c(-c2ccc(-c3cccc(NC(=O)C(C)C)c3)cc2)c(C(=O)O)n1C. The molecule has 1 amide bonds. The van der Waals surface area contributed by atoms with E-state index in [0.29, 0.717) is 28.8 Å². The average Bonchev–Trinajstić information content (AvgIpc) is 3.05. The molecule has 0 spiro atoms. The maximum Gasteiger partial charge on any atom is 0.353 e. The monoisotopic (exact) mass is 415 g/mol. The Hall–Kier alpha value is -3.85. The Morgan fingerprint density at radius 1 is 1.10 bits per heavy atom. The van der Waals surface area contributed by atoms with Crippen LogP contribution in [0, 0.1) is 17.2 Å². The number of carbonyl (C=O) groups excluding carboxylic acids is 1. The third kappa shape index (κ3) is 4.22. The summed E-state index contributed by atoms with van der Waals surface area (Å²) in [6.45, 7) is 5.58. The minimum atomic E-state index is -1.06. The van der Waals surface area contributed by atoms with Crippen molar-refractivity contribution in [2.75, 3.05) is 5.32 Å². The van der Waals surface area contributed by atoms with E-state index in [9.17, 15) is 20.0 Å². The molecular weight excluding hydrogens is 390 g/mol. The molecule has 0 aliphatic heterocycles. The number of hydrogen-bond donors (Lipinski definition) is 2. The number of carbonyl (C=O) groups is 2. The van der Waals surface area contributed by atoms with Crippen molar-refractivity contribution in [3.63, 3.8) is 0 Å². The van der Waals surface area contributed by atoms with Gasteiger partial charge in [0, 0.05) is 29.9 Å². The molecule has 3 aromatic rings. The normalized spacial score (nSPS) is 10.7. The fourth-order valence-electron chi connectivity index (χ4n) is 3.69. The van der Waals surface area contributed by atoms with Crippen LogP contribution in [-0.2, 0) is 18.3 Å². The van der Waals surface area contributed by atoms with E-state index in [0.717, 1.165) is 16.8 Å². The Balaban J connectivity index is 2.02. The summed E-state index contributed by atoms with van der Waals surface area (Å²) < 4.78 is 1.59. The Bertz CT molecular complexity index is 1180. The van der Waals surface area contributed by atoms with Gasteiger partial charge in [-0.2, -0.15) is 5.26 Å². The Labute approximate surface area is 181 Å². The lowest BCUT2D eigenvalue weighted by molar-refractivity contribution is -0.118. The van der Waals surface area contributed by atoms with Gasteiger partial charge in [0.15, 0.2) is 0 Å². The molecule has 0 saturated carbocycles. The third-order valence-electron chi connectivity index (χ3n) is 5.33. The lowest BCUT2D eigenvalue weighted by Crippen LogP contribution is -2.17. The summed E-state index contributed by atoms with van der Waals surface area (Å²) in [6, 6.07) is 17.2. The van der Waals surface area contributed by atoms with E-state index in [4.69, 9.17) is 0 Å². The van der Waals surface area contributed by atoms with Crippen molar-refractivity contribution in [3.8, 4) is 28.3 Å². The topological polar surface area (TPSA) is 95.1 Å². The maximum atomic E-state index is 12.0. The molecule has 6 nitrogen and oxygen atoms in total. The lowest BCUT2D eigenvalue weighted by atomic mass is 9.97. The van der Waals surface area contributed by atoms with E-state index in [1.165, 1.54) is 0 Å². The second kappa shape index (κ2) is 8.88. The first-order chi connectivity index (χ1) is 14.8. The number of amides is 1. The molecule has 0 bridgehead atoms. The number of aromatic nitrogens is 1. The largest absolute Gasteiger partial charge is 0.477 e. The number of carboxylic acids is 1. The van der Waals surface area contributed by atoms with Gasteiger partial charge >= 0.3 is 5.97 Å². The second-order valence-corrected chi connectivity index (χ2v) is 7.68. The lowest BCUT2D eigenvalue weighted by Gasteiger charge is -2.10. The molecule has 0 aliphatic rings. The van der Waals surface area contributed by atoms with Crippen LogP contribution in [-0.4, -0.2) is 21.6 Å². The van der Waals surface area contributed by atoms with Crippen LogP contribution in [0.15, 0.2) is 48.5 Å². The zero-order valence-electron chi connectivity index (χ0n) is 18.1. The first-order valence-electron chi connectivity index (χ1n) is 10.1. The molecule has 0 unspecified atom stereocenters. The Morgan fingerprint density at radius 2 is 1.74 bits per heavy atom. The Kier molecular flexibility index (Phi) is 6.26. The minimum Gasteiger partial charge on any atom is -0.477 e. The van der Waals surface area contributed by atoms with Crippen molar-refractivity contribution in [1.29, 1.82) is 5.26 Å². The molecule has 31 heavy (non-hydrogen) atoms. The highest BCUT2D eigenvalue weighted by molar-refractivity contribution is 5.97. The molecule has 158 valence electrons. The van der Waals surface area contributed by atoms with E-state index < -0.39 is 5.97 Å². The van der Waals surface area contributed by atoms with E-state index in [-0.39, 0.29) is 17.5 Å². The maximum absolute atomic E-state index is 12.0. The summed E-state index contributed by atoms with van der Waals surface area (Å²) in [4.78, 5) is 23.9. The number of benzene rings is 2. The minimum absolute atomic E-state index is 0.0477. The van der Waals surface area contributed by atoms with Crippen LogP contribution in [0.3, 0.4) is 0 Å². The highest BCUT2D eigenvalue weighted by Gasteiger charge is 2.25. The van der Waals surface area contributed by atoms with Gasteiger partial charge in [-0.25, -0.2) is 4.79 Å². The van der Waals surface area contributed by atoms with Crippen LogP contribution in [0.2, 0.25) is 0 Å². The van der Waals surface area contributed by atoms with Crippen LogP contribution in [0.25, 0.3) is 22.3 Å². The molecular formula is C25H25N3O3. The summed E-state index contributed by atoms with van der Waals surface area (Å²) in [5.41, 5.74) is 4.90. The van der Waals surface area contributed by atoms with Gasteiger partial charge in [0.2, 0.25) is 5.91 Å².